The number of ether oxygens (including phenoxy) is 1. The molecule has 0 saturated carbocycles. The average Bonchev–Trinajstić information content (AvgIpc) is 3.56. The van der Waals surface area contributed by atoms with Crippen LogP contribution in [0.1, 0.15) is 55.7 Å². The third-order valence-electron chi connectivity index (χ3n) is 8.84. The van der Waals surface area contributed by atoms with E-state index in [1.54, 1.807) is 13.1 Å². The molecule has 2 bridgehead atoms. The maximum atomic E-state index is 13.1. The lowest BCUT2D eigenvalue weighted by molar-refractivity contribution is -0.149. The molecule has 4 aliphatic heterocycles. The Morgan fingerprint density at radius 2 is 1.93 bits per heavy atom. The van der Waals surface area contributed by atoms with Gasteiger partial charge in [0, 0.05) is 62.0 Å². The average molecular weight is 545 g/mol. The summed E-state index contributed by atoms with van der Waals surface area (Å²) in [5.41, 5.74) is 3.47. The second-order valence-corrected chi connectivity index (χ2v) is 11.6. The number of fused-ring (bicyclic) bond motifs is 4. The van der Waals surface area contributed by atoms with E-state index in [1.165, 1.54) is 25.7 Å². The molecular weight excluding hydrogens is 508 g/mol. The standard InChI is InChI=1S/C29H36N8O3/c1-17(38)23-13-19-14-30-29(34-26(19)27(32-23)37-20-4-5-21(37)7-6-20)33-25-8-3-18-15-36(10-9-22(18)31-25)28(39)24-16-35(2)11-12-40-24/h3,8,13-14,17,20-21,24,38H,4-7,9-12,15-16H2,1-2H3,(H,30,31,33,34)/t17-,20?,21?,24?/m1/s1. The summed E-state index contributed by atoms with van der Waals surface area (Å²) >= 11 is 0. The predicted molar refractivity (Wildman–Crippen MR) is 150 cm³/mol. The van der Waals surface area contributed by atoms with Crippen LogP contribution in [0.25, 0.3) is 10.9 Å². The predicted octanol–water partition coefficient (Wildman–Crippen LogP) is 2.56. The Kier molecular flexibility index (Phi) is 6.52. The number of carbonyl (C=O) groups is 1. The zero-order valence-electron chi connectivity index (χ0n) is 23.1. The van der Waals surface area contributed by atoms with Crippen LogP contribution in [-0.4, -0.2) is 92.2 Å². The smallest absolute Gasteiger partial charge is 0.253 e. The van der Waals surface area contributed by atoms with Crippen molar-refractivity contribution in [3.63, 3.8) is 0 Å². The van der Waals surface area contributed by atoms with Gasteiger partial charge in [-0.15, -0.1) is 0 Å². The van der Waals surface area contributed by atoms with E-state index >= 15 is 0 Å². The molecule has 4 aliphatic rings. The highest BCUT2D eigenvalue weighted by atomic mass is 16.5. The van der Waals surface area contributed by atoms with Crippen molar-refractivity contribution >= 4 is 34.4 Å². The van der Waals surface area contributed by atoms with Crippen molar-refractivity contribution in [1.29, 1.82) is 0 Å². The van der Waals surface area contributed by atoms with E-state index < -0.39 is 12.2 Å². The Labute approximate surface area is 233 Å². The van der Waals surface area contributed by atoms with Crippen molar-refractivity contribution in [3.8, 4) is 0 Å². The molecule has 210 valence electrons. The first-order valence-corrected chi connectivity index (χ1v) is 14.4. The number of aliphatic hydroxyl groups is 1. The van der Waals surface area contributed by atoms with Gasteiger partial charge in [0.05, 0.1) is 18.4 Å². The molecule has 3 saturated heterocycles. The number of nitrogens with one attached hydrogen (secondary N) is 1. The van der Waals surface area contributed by atoms with Crippen LogP contribution in [0.5, 0.6) is 0 Å². The number of aromatic nitrogens is 4. The van der Waals surface area contributed by atoms with Crippen LogP contribution in [0.3, 0.4) is 0 Å². The Balaban J connectivity index is 1.12. The second-order valence-electron chi connectivity index (χ2n) is 11.6. The lowest BCUT2D eigenvalue weighted by Gasteiger charge is -2.35. The summed E-state index contributed by atoms with van der Waals surface area (Å²) in [6.07, 6.45) is 6.13. The van der Waals surface area contributed by atoms with Crippen molar-refractivity contribution in [2.24, 2.45) is 0 Å². The zero-order chi connectivity index (χ0) is 27.4. The van der Waals surface area contributed by atoms with Crippen LogP contribution in [0.2, 0.25) is 0 Å². The first-order valence-electron chi connectivity index (χ1n) is 14.4. The summed E-state index contributed by atoms with van der Waals surface area (Å²) in [7, 11) is 2.02. The fourth-order valence-electron chi connectivity index (χ4n) is 6.67. The SMILES string of the molecule is C[C@@H](O)c1cc2cnc(Nc3ccc4c(n3)CCN(C(=O)C3CN(C)CCO3)C4)nc2c(N2C3CCC2CC3)n1. The number of pyridine rings is 2. The number of hydrogen-bond donors (Lipinski definition) is 2. The monoisotopic (exact) mass is 544 g/mol. The van der Waals surface area contributed by atoms with Gasteiger partial charge < -0.3 is 29.9 Å². The Morgan fingerprint density at radius 3 is 2.67 bits per heavy atom. The highest BCUT2D eigenvalue weighted by molar-refractivity contribution is 5.90. The van der Waals surface area contributed by atoms with Gasteiger partial charge in [-0.25, -0.2) is 19.9 Å². The Hall–Kier alpha value is -3.41. The van der Waals surface area contributed by atoms with Gasteiger partial charge in [-0.3, -0.25) is 4.79 Å². The van der Waals surface area contributed by atoms with E-state index in [1.807, 2.05) is 30.1 Å². The molecule has 3 aromatic heterocycles. The van der Waals surface area contributed by atoms with Gasteiger partial charge in [-0.2, -0.15) is 0 Å². The number of morpholine rings is 1. The number of rotatable bonds is 5. The highest BCUT2D eigenvalue weighted by Gasteiger charge is 2.41. The molecule has 0 spiro atoms. The molecule has 7 rings (SSSR count). The maximum absolute atomic E-state index is 13.1. The molecule has 0 aliphatic carbocycles. The largest absolute Gasteiger partial charge is 0.387 e. The van der Waals surface area contributed by atoms with Gasteiger partial charge in [0.25, 0.3) is 5.91 Å². The van der Waals surface area contributed by atoms with Crippen LogP contribution in [-0.2, 0) is 22.5 Å². The number of nitrogens with zero attached hydrogens (tertiary/aromatic N) is 7. The molecule has 1 unspecified atom stereocenters. The molecule has 2 atom stereocenters. The number of amides is 1. The van der Waals surface area contributed by atoms with Crippen LogP contribution >= 0.6 is 0 Å². The minimum atomic E-state index is -0.663. The lowest BCUT2D eigenvalue weighted by Crippen LogP contribution is -2.50. The lowest BCUT2D eigenvalue weighted by atomic mass is 10.0. The number of likely N-dealkylation sites (N-methyl/N-ethyl adjacent to an activating group) is 1. The van der Waals surface area contributed by atoms with Crippen LogP contribution in [0.15, 0.2) is 24.4 Å². The fourth-order valence-corrected chi connectivity index (χ4v) is 6.67. The van der Waals surface area contributed by atoms with Gasteiger partial charge >= 0.3 is 0 Å². The number of carbonyl (C=O) groups excluding carboxylic acids is 1. The van der Waals surface area contributed by atoms with Gasteiger partial charge in [0.1, 0.15) is 17.4 Å². The molecular formula is C29H36N8O3. The van der Waals surface area contributed by atoms with E-state index in [4.69, 9.17) is 19.7 Å². The van der Waals surface area contributed by atoms with E-state index in [0.717, 1.165) is 34.5 Å². The third kappa shape index (κ3) is 4.65. The van der Waals surface area contributed by atoms with Gasteiger partial charge in [-0.05, 0) is 57.4 Å². The van der Waals surface area contributed by atoms with Crippen molar-refractivity contribution < 1.29 is 14.6 Å². The molecule has 0 aromatic carbocycles. The third-order valence-corrected chi connectivity index (χ3v) is 8.84. The first-order chi connectivity index (χ1) is 19.4. The Bertz CT molecular complexity index is 1430. The summed E-state index contributed by atoms with van der Waals surface area (Å²) in [6.45, 7) is 4.97. The molecule has 0 radical (unpaired) electrons. The molecule has 3 aromatic rings. The maximum Gasteiger partial charge on any atom is 0.253 e. The van der Waals surface area contributed by atoms with Crippen LogP contribution < -0.4 is 10.2 Å². The molecule has 1 amide bonds. The summed E-state index contributed by atoms with van der Waals surface area (Å²) in [6, 6.07) is 6.79. The van der Waals surface area contributed by atoms with Gasteiger partial charge in [0.2, 0.25) is 5.95 Å². The van der Waals surface area contributed by atoms with Crippen molar-refractivity contribution in [3.05, 3.63) is 41.3 Å². The van der Waals surface area contributed by atoms with Gasteiger partial charge in [0.15, 0.2) is 5.82 Å². The topological polar surface area (TPSA) is 120 Å². The summed E-state index contributed by atoms with van der Waals surface area (Å²) < 4.78 is 5.75. The van der Waals surface area contributed by atoms with Crippen molar-refractivity contribution in [1.82, 2.24) is 29.7 Å². The van der Waals surface area contributed by atoms with Crippen LogP contribution in [0.4, 0.5) is 17.6 Å². The zero-order valence-corrected chi connectivity index (χ0v) is 23.1. The summed E-state index contributed by atoms with van der Waals surface area (Å²) in [5, 5.41) is 14.5. The summed E-state index contributed by atoms with van der Waals surface area (Å²) in [5.74, 6) is 2.04. The molecule has 11 heteroatoms. The van der Waals surface area contributed by atoms with Crippen molar-refractivity contribution in [2.75, 3.05) is 43.5 Å². The number of anilines is 3. The van der Waals surface area contributed by atoms with Crippen molar-refractivity contribution in [2.45, 2.75) is 69.9 Å². The first kappa shape index (κ1) is 25.6. The summed E-state index contributed by atoms with van der Waals surface area (Å²) in [4.78, 5) is 38.7. The van der Waals surface area contributed by atoms with Gasteiger partial charge in [-0.1, -0.05) is 6.07 Å². The van der Waals surface area contributed by atoms with E-state index in [9.17, 15) is 9.90 Å². The molecule has 3 fully saturated rings. The second kappa shape index (κ2) is 10.2. The molecule has 11 nitrogen and oxygen atoms in total. The molecule has 7 heterocycles. The van der Waals surface area contributed by atoms with E-state index in [0.29, 0.717) is 62.2 Å². The quantitative estimate of drug-likeness (QED) is 0.496. The molecule has 2 N–H and O–H groups in total. The molecule has 40 heavy (non-hydrogen) atoms. The van der Waals surface area contributed by atoms with E-state index in [2.05, 4.69) is 20.1 Å². The van der Waals surface area contributed by atoms with E-state index in [-0.39, 0.29) is 5.91 Å². The fraction of sp³-hybridized carbons (Fsp3) is 0.552. The minimum absolute atomic E-state index is 0.0542. The number of hydrogen-bond acceptors (Lipinski definition) is 10. The normalized spacial score (nSPS) is 25.3. The highest BCUT2D eigenvalue weighted by Crippen LogP contribution is 2.42. The van der Waals surface area contributed by atoms with Crippen LogP contribution in [0, 0.1) is 0 Å². The minimum Gasteiger partial charge on any atom is -0.387 e. The number of aliphatic hydroxyl groups excluding tert-OH is 1. The Morgan fingerprint density at radius 1 is 1.12 bits per heavy atom.